The fourth-order valence-corrected chi connectivity index (χ4v) is 2.65. The van der Waals surface area contributed by atoms with Crippen molar-refractivity contribution >= 4 is 23.3 Å². The van der Waals surface area contributed by atoms with Gasteiger partial charge in [-0.3, -0.25) is 9.48 Å². The van der Waals surface area contributed by atoms with Crippen molar-refractivity contribution < 1.29 is 27.1 Å². The molecule has 28 heavy (non-hydrogen) atoms. The maximum Gasteiger partial charge on any atom is 0.260 e. The van der Waals surface area contributed by atoms with Crippen molar-refractivity contribution in [3.63, 3.8) is 0 Å². The van der Waals surface area contributed by atoms with Crippen molar-refractivity contribution in [2.45, 2.75) is 6.54 Å². The Morgan fingerprint density at radius 2 is 1.82 bits per heavy atom. The minimum Gasteiger partial charge on any atom is -0.496 e. The normalized spacial score (nSPS) is 10.8. The van der Waals surface area contributed by atoms with Crippen LogP contribution in [0.4, 0.5) is 23.4 Å². The lowest BCUT2D eigenvalue weighted by atomic mass is 10.2. The van der Waals surface area contributed by atoms with E-state index in [1.807, 2.05) is 0 Å². The molecule has 146 valence electrons. The fraction of sp³-hybridized carbons (Fsp3) is 0.111. The molecule has 0 atom stereocenters. The van der Waals surface area contributed by atoms with Crippen LogP contribution in [-0.4, -0.2) is 22.8 Å². The summed E-state index contributed by atoms with van der Waals surface area (Å²) in [5.74, 6) is -6.30. The molecule has 2 aromatic carbocycles. The number of nitrogens with one attached hydrogen (secondary N) is 1. The second-order valence-electron chi connectivity index (χ2n) is 5.64. The van der Waals surface area contributed by atoms with E-state index in [-0.39, 0.29) is 23.2 Å². The van der Waals surface area contributed by atoms with E-state index in [1.165, 1.54) is 31.5 Å². The molecule has 0 aliphatic carbocycles. The Morgan fingerprint density at radius 3 is 2.46 bits per heavy atom. The van der Waals surface area contributed by atoms with E-state index in [1.54, 1.807) is 6.07 Å². The average Bonchev–Trinajstić information content (AvgIpc) is 3.10. The number of nitrogens with zero attached hydrogens (tertiary/aromatic N) is 2. The van der Waals surface area contributed by atoms with Crippen LogP contribution < -0.4 is 10.1 Å². The zero-order valence-electron chi connectivity index (χ0n) is 14.3. The summed E-state index contributed by atoms with van der Waals surface area (Å²) >= 11 is 5.88. The lowest BCUT2D eigenvalue weighted by Crippen LogP contribution is -2.14. The molecule has 1 heterocycles. The van der Waals surface area contributed by atoms with Crippen LogP contribution in [0.25, 0.3) is 0 Å². The monoisotopic (exact) mass is 413 g/mol. The molecule has 0 radical (unpaired) electrons. The molecule has 0 fully saturated rings. The standard InChI is InChI=1S/C18H12ClF4N3O2/c1-28-14-3-2-9(19)6-10(14)18(27)24-15-4-5-26(25-15)8-11-16(22)12(20)7-13(21)17(11)23/h2-7H,8H2,1H3,(H,24,25,27). The molecule has 0 aliphatic rings. The first kappa shape index (κ1) is 19.7. The van der Waals surface area contributed by atoms with Gasteiger partial charge in [-0.2, -0.15) is 5.10 Å². The van der Waals surface area contributed by atoms with Crippen LogP contribution in [-0.2, 0) is 6.54 Å². The number of halogens is 5. The predicted octanol–water partition coefficient (Wildman–Crippen LogP) is 4.40. The molecule has 0 saturated carbocycles. The maximum atomic E-state index is 13.8. The Balaban J connectivity index is 1.81. The number of benzene rings is 2. The highest BCUT2D eigenvalue weighted by atomic mass is 35.5. The van der Waals surface area contributed by atoms with Gasteiger partial charge < -0.3 is 10.1 Å². The number of hydrogen-bond donors (Lipinski definition) is 1. The zero-order valence-corrected chi connectivity index (χ0v) is 15.0. The SMILES string of the molecule is COc1ccc(Cl)cc1C(=O)Nc1ccn(Cc2c(F)c(F)cc(F)c2F)n1. The third-order valence-electron chi connectivity index (χ3n) is 3.81. The van der Waals surface area contributed by atoms with Crippen LogP contribution in [0.2, 0.25) is 5.02 Å². The number of amides is 1. The summed E-state index contributed by atoms with van der Waals surface area (Å²) in [6.07, 6.45) is 1.28. The molecule has 3 aromatic rings. The van der Waals surface area contributed by atoms with Gasteiger partial charge in [-0.15, -0.1) is 0 Å². The molecule has 0 bridgehead atoms. The topological polar surface area (TPSA) is 56.1 Å². The highest BCUT2D eigenvalue weighted by Crippen LogP contribution is 2.24. The average molecular weight is 414 g/mol. The summed E-state index contributed by atoms with van der Waals surface area (Å²) in [4.78, 5) is 12.4. The van der Waals surface area contributed by atoms with Crippen molar-refractivity contribution in [1.82, 2.24) is 9.78 Å². The third kappa shape index (κ3) is 3.94. The van der Waals surface area contributed by atoms with E-state index in [0.717, 1.165) is 4.68 Å². The number of carbonyl (C=O) groups excluding carboxylic acids is 1. The van der Waals surface area contributed by atoms with E-state index in [4.69, 9.17) is 16.3 Å². The number of carbonyl (C=O) groups is 1. The molecule has 1 aromatic heterocycles. The van der Waals surface area contributed by atoms with Gasteiger partial charge in [-0.25, -0.2) is 17.6 Å². The number of aromatic nitrogens is 2. The number of hydrogen-bond acceptors (Lipinski definition) is 3. The minimum absolute atomic E-state index is 0.0460. The van der Waals surface area contributed by atoms with Crippen molar-refractivity contribution in [1.29, 1.82) is 0 Å². The highest BCUT2D eigenvalue weighted by molar-refractivity contribution is 6.31. The van der Waals surface area contributed by atoms with E-state index >= 15 is 0 Å². The van der Waals surface area contributed by atoms with Gasteiger partial charge in [0.25, 0.3) is 5.91 Å². The summed E-state index contributed by atoms with van der Waals surface area (Å²) in [7, 11) is 1.38. The largest absolute Gasteiger partial charge is 0.496 e. The Hall–Kier alpha value is -3.07. The van der Waals surface area contributed by atoms with Gasteiger partial charge in [-0.05, 0) is 18.2 Å². The molecule has 3 rings (SSSR count). The van der Waals surface area contributed by atoms with Crippen LogP contribution in [0, 0.1) is 23.3 Å². The van der Waals surface area contributed by atoms with Crippen molar-refractivity contribution in [2.24, 2.45) is 0 Å². The van der Waals surface area contributed by atoms with Crippen molar-refractivity contribution in [3.8, 4) is 5.75 Å². The van der Waals surface area contributed by atoms with Gasteiger partial charge in [0.05, 0.1) is 24.8 Å². The van der Waals surface area contributed by atoms with E-state index in [0.29, 0.717) is 5.02 Å². The van der Waals surface area contributed by atoms with Crippen LogP contribution >= 0.6 is 11.6 Å². The summed E-state index contributed by atoms with van der Waals surface area (Å²) in [6.45, 7) is -0.581. The van der Waals surface area contributed by atoms with Crippen molar-refractivity contribution in [3.05, 3.63) is 75.9 Å². The molecule has 0 saturated heterocycles. The Kier molecular flexibility index (Phi) is 5.55. The predicted molar refractivity (Wildman–Crippen MR) is 93.6 cm³/mol. The van der Waals surface area contributed by atoms with Crippen LogP contribution in [0.5, 0.6) is 5.75 Å². The van der Waals surface area contributed by atoms with Crippen LogP contribution in [0.15, 0.2) is 36.5 Å². The number of rotatable bonds is 5. The quantitative estimate of drug-likeness (QED) is 0.498. The summed E-state index contributed by atoms with van der Waals surface area (Å²) in [5.41, 5.74) is -0.677. The molecule has 0 aliphatic heterocycles. The van der Waals surface area contributed by atoms with E-state index < -0.39 is 41.3 Å². The molecule has 10 heteroatoms. The van der Waals surface area contributed by atoms with E-state index in [9.17, 15) is 22.4 Å². The second kappa shape index (κ2) is 7.89. The molecular formula is C18H12ClF4N3O2. The van der Waals surface area contributed by atoms with Crippen molar-refractivity contribution in [2.75, 3.05) is 12.4 Å². The molecule has 0 spiro atoms. The Labute approximate surface area is 161 Å². The lowest BCUT2D eigenvalue weighted by molar-refractivity contribution is 0.102. The van der Waals surface area contributed by atoms with Gasteiger partial charge in [-0.1, -0.05) is 11.6 Å². The van der Waals surface area contributed by atoms with E-state index in [2.05, 4.69) is 10.4 Å². The van der Waals surface area contributed by atoms with Gasteiger partial charge in [0.15, 0.2) is 29.1 Å². The molecular weight excluding hydrogens is 402 g/mol. The highest BCUT2D eigenvalue weighted by Gasteiger charge is 2.20. The van der Waals surface area contributed by atoms with Gasteiger partial charge in [0.2, 0.25) is 0 Å². The zero-order chi connectivity index (χ0) is 20.4. The number of ether oxygens (including phenoxy) is 1. The first-order chi connectivity index (χ1) is 13.3. The smallest absolute Gasteiger partial charge is 0.260 e. The van der Waals surface area contributed by atoms with Crippen LogP contribution in [0.1, 0.15) is 15.9 Å². The van der Waals surface area contributed by atoms with Gasteiger partial charge in [0, 0.05) is 23.4 Å². The first-order valence-electron chi connectivity index (χ1n) is 7.80. The maximum absolute atomic E-state index is 13.8. The third-order valence-corrected chi connectivity index (χ3v) is 4.05. The van der Waals surface area contributed by atoms with Crippen LogP contribution in [0.3, 0.4) is 0 Å². The summed E-state index contributed by atoms with van der Waals surface area (Å²) in [6, 6.07) is 5.93. The summed E-state index contributed by atoms with van der Waals surface area (Å²) in [5, 5.41) is 6.71. The first-order valence-corrected chi connectivity index (χ1v) is 8.18. The second-order valence-corrected chi connectivity index (χ2v) is 6.08. The molecule has 1 N–H and O–H groups in total. The molecule has 0 unspecified atom stereocenters. The molecule has 5 nitrogen and oxygen atoms in total. The minimum atomic E-state index is -1.51. The summed E-state index contributed by atoms with van der Waals surface area (Å²) < 4.78 is 60.3. The Morgan fingerprint density at radius 1 is 1.14 bits per heavy atom. The van der Waals surface area contributed by atoms with Gasteiger partial charge in [0.1, 0.15) is 5.75 Å². The number of methoxy groups -OCH3 is 1. The van der Waals surface area contributed by atoms with Gasteiger partial charge >= 0.3 is 0 Å². The molecule has 1 amide bonds. The fourth-order valence-electron chi connectivity index (χ4n) is 2.48. The lowest BCUT2D eigenvalue weighted by Gasteiger charge is -2.09. The Bertz CT molecular complexity index is 1030. The number of anilines is 1.